The van der Waals surface area contributed by atoms with E-state index in [1.54, 1.807) is 31.4 Å². The van der Waals surface area contributed by atoms with E-state index in [1.807, 2.05) is 0 Å². The summed E-state index contributed by atoms with van der Waals surface area (Å²) in [6, 6.07) is 10.9. The van der Waals surface area contributed by atoms with Crippen molar-refractivity contribution in [1.29, 1.82) is 0 Å². The molecule has 0 fully saturated rings. The molecule has 0 heterocycles. The molecule has 0 aliphatic carbocycles. The molecule has 0 atom stereocenters. The number of thioether (sulfide) groups is 1. The van der Waals surface area contributed by atoms with E-state index in [0.717, 1.165) is 11.8 Å². The van der Waals surface area contributed by atoms with E-state index in [1.165, 1.54) is 24.3 Å². The Labute approximate surface area is 130 Å². The van der Waals surface area contributed by atoms with Crippen LogP contribution in [-0.4, -0.2) is 22.2 Å². The number of methoxy groups -OCH3 is 1. The first-order valence-corrected chi connectivity index (χ1v) is 7.01. The molecule has 0 aliphatic rings. The van der Waals surface area contributed by atoms with Crippen molar-refractivity contribution in [3.8, 4) is 17.2 Å². The minimum Gasteiger partial charge on any atom is -0.504 e. The largest absolute Gasteiger partial charge is 0.504 e. The Morgan fingerprint density at radius 2 is 1.86 bits per heavy atom. The van der Waals surface area contributed by atoms with Crippen LogP contribution >= 0.6 is 11.8 Å². The topological polar surface area (TPSA) is 92.8 Å². The summed E-state index contributed by atoms with van der Waals surface area (Å²) >= 11 is 0.983. The van der Waals surface area contributed by atoms with Crippen molar-refractivity contribution in [1.82, 2.24) is 0 Å². The van der Waals surface area contributed by atoms with Gasteiger partial charge in [0.25, 0.3) is 0 Å². The van der Waals surface area contributed by atoms with Gasteiger partial charge >= 0.3 is 5.03 Å². The summed E-state index contributed by atoms with van der Waals surface area (Å²) in [6.07, 6.45) is 1.33. The smallest absolute Gasteiger partial charge is 0.308 e. The molecule has 0 unspecified atom stereocenters. The molecule has 114 valence electrons. The van der Waals surface area contributed by atoms with E-state index < -0.39 is 4.92 Å². The molecular weight excluding hydrogens is 306 g/mol. The SMILES string of the molecule is COc1ccc(S/C(=C/c2ccc(O)c(O)c2)[N+](=O)[O-])cc1. The van der Waals surface area contributed by atoms with Crippen LogP contribution in [0.1, 0.15) is 5.56 Å². The third kappa shape index (κ3) is 3.92. The number of hydrogen-bond acceptors (Lipinski definition) is 6. The van der Waals surface area contributed by atoms with Crippen LogP contribution in [0.15, 0.2) is 52.4 Å². The molecule has 2 aromatic rings. The average molecular weight is 319 g/mol. The first-order valence-electron chi connectivity index (χ1n) is 6.19. The Hall–Kier alpha value is -2.67. The Kier molecular flexibility index (Phi) is 4.90. The van der Waals surface area contributed by atoms with Crippen LogP contribution < -0.4 is 4.74 Å². The molecule has 22 heavy (non-hydrogen) atoms. The van der Waals surface area contributed by atoms with Gasteiger partial charge in [0.2, 0.25) is 0 Å². The molecule has 6 nitrogen and oxygen atoms in total. The molecule has 0 aliphatic heterocycles. The maximum atomic E-state index is 11.2. The van der Waals surface area contributed by atoms with E-state index in [0.29, 0.717) is 16.2 Å². The summed E-state index contributed by atoms with van der Waals surface area (Å²) in [6.45, 7) is 0. The first-order chi connectivity index (χ1) is 10.5. The fraction of sp³-hybridized carbons (Fsp3) is 0.0667. The number of phenols is 2. The van der Waals surface area contributed by atoms with Gasteiger partial charge in [0, 0.05) is 11.0 Å². The second-order valence-corrected chi connectivity index (χ2v) is 5.36. The Morgan fingerprint density at radius 1 is 1.18 bits per heavy atom. The highest BCUT2D eigenvalue weighted by atomic mass is 32.2. The Balaban J connectivity index is 2.26. The average Bonchev–Trinajstić information content (AvgIpc) is 2.51. The maximum Gasteiger partial charge on any atom is 0.308 e. The third-order valence-electron chi connectivity index (χ3n) is 2.75. The third-order valence-corrected chi connectivity index (χ3v) is 3.74. The lowest BCUT2D eigenvalue weighted by Gasteiger charge is -2.03. The van der Waals surface area contributed by atoms with Crippen LogP contribution in [0.25, 0.3) is 6.08 Å². The van der Waals surface area contributed by atoms with Gasteiger partial charge in [-0.05, 0) is 53.7 Å². The van der Waals surface area contributed by atoms with Crippen molar-refractivity contribution in [3.63, 3.8) is 0 Å². The Bertz CT molecular complexity index is 712. The lowest BCUT2D eigenvalue weighted by Crippen LogP contribution is -1.94. The second kappa shape index (κ2) is 6.86. The van der Waals surface area contributed by atoms with E-state index in [-0.39, 0.29) is 16.5 Å². The molecule has 0 spiro atoms. The van der Waals surface area contributed by atoms with E-state index >= 15 is 0 Å². The minimum atomic E-state index is -0.501. The van der Waals surface area contributed by atoms with Crippen LogP contribution in [0.4, 0.5) is 0 Å². The van der Waals surface area contributed by atoms with Crippen molar-refractivity contribution in [2.75, 3.05) is 7.11 Å². The second-order valence-electron chi connectivity index (χ2n) is 4.27. The number of aromatic hydroxyl groups is 2. The predicted molar refractivity (Wildman–Crippen MR) is 83.6 cm³/mol. The maximum absolute atomic E-state index is 11.2. The molecule has 0 saturated carbocycles. The number of phenolic OH excluding ortho intramolecular Hbond substituents is 2. The minimum absolute atomic E-state index is 0.102. The molecule has 2 aromatic carbocycles. The van der Waals surface area contributed by atoms with Crippen LogP contribution in [0, 0.1) is 10.1 Å². The zero-order chi connectivity index (χ0) is 16.1. The van der Waals surface area contributed by atoms with E-state index in [2.05, 4.69) is 0 Å². The van der Waals surface area contributed by atoms with E-state index in [9.17, 15) is 20.3 Å². The highest BCUT2D eigenvalue weighted by Crippen LogP contribution is 2.31. The fourth-order valence-electron chi connectivity index (χ4n) is 1.66. The molecular formula is C15H13NO5S. The molecule has 0 radical (unpaired) electrons. The molecule has 2 rings (SSSR count). The van der Waals surface area contributed by atoms with Crippen molar-refractivity contribution in [2.45, 2.75) is 4.90 Å². The summed E-state index contributed by atoms with van der Waals surface area (Å²) in [5, 5.41) is 29.7. The van der Waals surface area contributed by atoms with Crippen LogP contribution in [0.5, 0.6) is 17.2 Å². The molecule has 0 saturated heterocycles. The van der Waals surface area contributed by atoms with Crippen molar-refractivity contribution in [2.24, 2.45) is 0 Å². The van der Waals surface area contributed by atoms with Crippen molar-refractivity contribution in [3.05, 3.63) is 63.2 Å². The zero-order valence-corrected chi connectivity index (χ0v) is 12.4. The summed E-state index contributed by atoms with van der Waals surface area (Å²) in [4.78, 5) is 11.3. The van der Waals surface area contributed by atoms with Crippen LogP contribution in [-0.2, 0) is 0 Å². The number of benzene rings is 2. The number of nitrogens with zero attached hydrogens (tertiary/aromatic N) is 1. The predicted octanol–water partition coefficient (Wildman–Crippen LogP) is 3.47. The monoisotopic (exact) mass is 319 g/mol. The lowest BCUT2D eigenvalue weighted by molar-refractivity contribution is -0.408. The molecule has 2 N–H and O–H groups in total. The highest BCUT2D eigenvalue weighted by Gasteiger charge is 2.14. The van der Waals surface area contributed by atoms with Crippen molar-refractivity contribution < 1.29 is 19.9 Å². The number of nitro groups is 1. The van der Waals surface area contributed by atoms with Crippen LogP contribution in [0.3, 0.4) is 0 Å². The summed E-state index contributed by atoms with van der Waals surface area (Å²) in [5.74, 6) is 0.0629. The van der Waals surface area contributed by atoms with E-state index in [4.69, 9.17) is 4.74 Å². The zero-order valence-electron chi connectivity index (χ0n) is 11.6. The van der Waals surface area contributed by atoms with Gasteiger partial charge in [0.1, 0.15) is 5.75 Å². The van der Waals surface area contributed by atoms with Gasteiger partial charge in [-0.2, -0.15) is 0 Å². The Morgan fingerprint density at radius 3 is 2.41 bits per heavy atom. The van der Waals surface area contributed by atoms with Gasteiger partial charge in [-0.3, -0.25) is 10.1 Å². The van der Waals surface area contributed by atoms with Crippen molar-refractivity contribution >= 4 is 17.8 Å². The number of ether oxygens (including phenoxy) is 1. The summed E-state index contributed by atoms with van der Waals surface area (Å²) in [5.41, 5.74) is 0.419. The highest BCUT2D eigenvalue weighted by molar-refractivity contribution is 8.03. The summed E-state index contributed by atoms with van der Waals surface area (Å²) < 4.78 is 5.03. The number of hydrogen-bond donors (Lipinski definition) is 2. The summed E-state index contributed by atoms with van der Waals surface area (Å²) in [7, 11) is 1.54. The lowest BCUT2D eigenvalue weighted by atomic mass is 10.2. The normalized spacial score (nSPS) is 11.2. The van der Waals surface area contributed by atoms with Gasteiger partial charge in [0.05, 0.1) is 12.0 Å². The fourth-order valence-corrected chi connectivity index (χ4v) is 2.44. The standard InChI is InChI=1S/C15H13NO5S/c1-21-11-3-5-12(6-4-11)22-15(16(19)20)9-10-2-7-13(17)14(18)8-10/h2-9,17-18H,1H3/b15-9+. The molecule has 0 aromatic heterocycles. The molecule has 7 heteroatoms. The van der Waals surface area contributed by atoms with Gasteiger partial charge in [0.15, 0.2) is 11.5 Å². The number of rotatable bonds is 5. The van der Waals surface area contributed by atoms with Crippen LogP contribution in [0.2, 0.25) is 0 Å². The van der Waals surface area contributed by atoms with Gasteiger partial charge in [-0.25, -0.2) is 0 Å². The van der Waals surface area contributed by atoms with Gasteiger partial charge in [-0.1, -0.05) is 6.07 Å². The quantitative estimate of drug-likeness (QED) is 0.379. The molecule has 0 amide bonds. The first kappa shape index (κ1) is 15.7. The van der Waals surface area contributed by atoms with Gasteiger partial charge in [-0.15, -0.1) is 0 Å². The van der Waals surface area contributed by atoms with Gasteiger partial charge < -0.3 is 14.9 Å². The molecule has 0 bridgehead atoms.